The summed E-state index contributed by atoms with van der Waals surface area (Å²) in [6, 6.07) is 7.36. The van der Waals surface area contributed by atoms with Gasteiger partial charge < -0.3 is 9.64 Å². The van der Waals surface area contributed by atoms with E-state index in [2.05, 4.69) is 11.2 Å². The Morgan fingerprint density at radius 1 is 1.53 bits per heavy atom. The molecule has 1 N–H and O–H groups in total. The van der Waals surface area contributed by atoms with Gasteiger partial charge in [-0.2, -0.15) is 0 Å². The van der Waals surface area contributed by atoms with Crippen LogP contribution < -0.4 is 15.0 Å². The predicted molar refractivity (Wildman–Crippen MR) is 68.1 cm³/mol. The largest absolute Gasteiger partial charge is 0.495 e. The minimum Gasteiger partial charge on any atom is -0.495 e. The molecule has 4 nitrogen and oxygen atoms in total. The lowest BCUT2D eigenvalue weighted by molar-refractivity contribution is -0.117. The van der Waals surface area contributed by atoms with E-state index in [0.717, 1.165) is 5.69 Å². The molecule has 0 fully saturated rings. The number of carbonyl (C=O) groups excluding carboxylic acids is 1. The molecule has 0 unspecified atom stereocenters. The maximum absolute atomic E-state index is 11.8. The Bertz CT molecular complexity index is 424. The first-order valence-electron chi connectivity index (χ1n) is 5.24. The van der Waals surface area contributed by atoms with E-state index >= 15 is 0 Å². The molecule has 0 radical (unpaired) electrons. The Hall–Kier alpha value is -1.99. The fourth-order valence-electron chi connectivity index (χ4n) is 1.40. The molecular weight excluding hydrogens is 216 g/mol. The molecule has 17 heavy (non-hydrogen) atoms. The Labute approximate surface area is 102 Å². The van der Waals surface area contributed by atoms with Gasteiger partial charge in [0, 0.05) is 7.05 Å². The van der Waals surface area contributed by atoms with E-state index in [-0.39, 0.29) is 12.5 Å². The number of para-hydroxylation sites is 2. The van der Waals surface area contributed by atoms with E-state index in [4.69, 9.17) is 11.2 Å². The summed E-state index contributed by atoms with van der Waals surface area (Å²) in [5, 5.41) is 2.85. The number of nitrogens with one attached hydrogen (secondary N) is 1. The van der Waals surface area contributed by atoms with E-state index in [1.54, 1.807) is 19.1 Å². The number of ether oxygens (including phenoxy) is 1. The van der Waals surface area contributed by atoms with Gasteiger partial charge in [0.15, 0.2) is 0 Å². The molecule has 90 valence electrons. The van der Waals surface area contributed by atoms with Crippen molar-refractivity contribution in [1.82, 2.24) is 5.32 Å². The van der Waals surface area contributed by atoms with Gasteiger partial charge in [-0.3, -0.25) is 10.1 Å². The predicted octanol–water partition coefficient (Wildman–Crippen LogP) is 0.881. The number of nitrogens with zero attached hydrogens (tertiary/aromatic N) is 1. The monoisotopic (exact) mass is 232 g/mol. The van der Waals surface area contributed by atoms with Crippen LogP contribution in [0.2, 0.25) is 0 Å². The number of hydrogen-bond acceptors (Lipinski definition) is 3. The number of hydrogen-bond donors (Lipinski definition) is 1. The molecule has 0 bridgehead atoms. The number of benzene rings is 1. The summed E-state index contributed by atoms with van der Waals surface area (Å²) in [6.45, 7) is 0.588. The minimum atomic E-state index is -0.0650. The maximum atomic E-state index is 11.8. The fourth-order valence-corrected chi connectivity index (χ4v) is 1.40. The van der Waals surface area contributed by atoms with Gasteiger partial charge in [0.1, 0.15) is 5.75 Å². The molecule has 0 heterocycles. The minimum absolute atomic E-state index is 0.0650. The van der Waals surface area contributed by atoms with Crippen molar-refractivity contribution >= 4 is 11.6 Å². The van der Waals surface area contributed by atoms with Crippen LogP contribution in [0, 0.1) is 12.3 Å². The third-order valence-corrected chi connectivity index (χ3v) is 2.32. The number of amides is 1. The number of anilines is 1. The van der Waals surface area contributed by atoms with Crippen molar-refractivity contribution < 1.29 is 9.53 Å². The number of methoxy groups -OCH3 is 1. The normalized spacial score (nSPS) is 9.47. The van der Waals surface area contributed by atoms with Gasteiger partial charge in [-0.25, -0.2) is 0 Å². The van der Waals surface area contributed by atoms with Gasteiger partial charge in [-0.15, -0.1) is 6.42 Å². The first-order chi connectivity index (χ1) is 8.20. The highest BCUT2D eigenvalue weighted by Gasteiger charge is 2.13. The summed E-state index contributed by atoms with van der Waals surface area (Å²) >= 11 is 0. The first kappa shape index (κ1) is 13.1. The molecule has 0 aromatic heterocycles. The van der Waals surface area contributed by atoms with Crippen molar-refractivity contribution in [3.8, 4) is 18.1 Å². The first-order valence-corrected chi connectivity index (χ1v) is 5.24. The molecule has 0 aliphatic carbocycles. The smallest absolute Gasteiger partial charge is 0.240 e. The van der Waals surface area contributed by atoms with E-state index in [1.165, 1.54) is 0 Å². The number of rotatable bonds is 5. The van der Waals surface area contributed by atoms with Crippen LogP contribution in [-0.2, 0) is 4.79 Å². The van der Waals surface area contributed by atoms with Gasteiger partial charge in [0.25, 0.3) is 0 Å². The van der Waals surface area contributed by atoms with Gasteiger partial charge in [0.2, 0.25) is 5.91 Å². The topological polar surface area (TPSA) is 41.6 Å². The van der Waals surface area contributed by atoms with Crippen molar-refractivity contribution in [2.24, 2.45) is 0 Å². The van der Waals surface area contributed by atoms with Crippen molar-refractivity contribution in [1.29, 1.82) is 0 Å². The van der Waals surface area contributed by atoms with Gasteiger partial charge in [-0.1, -0.05) is 18.1 Å². The van der Waals surface area contributed by atoms with Crippen molar-refractivity contribution in [2.75, 3.05) is 32.1 Å². The van der Waals surface area contributed by atoms with Crippen molar-refractivity contribution in [3.05, 3.63) is 24.3 Å². The number of terminal acetylenes is 1. The second-order valence-corrected chi connectivity index (χ2v) is 3.43. The molecule has 0 saturated heterocycles. The highest BCUT2D eigenvalue weighted by atomic mass is 16.5. The average Bonchev–Trinajstić information content (AvgIpc) is 2.38. The molecule has 1 rings (SSSR count). The van der Waals surface area contributed by atoms with Gasteiger partial charge in [-0.05, 0) is 12.1 Å². The van der Waals surface area contributed by atoms with E-state index in [0.29, 0.717) is 12.3 Å². The van der Waals surface area contributed by atoms with E-state index < -0.39 is 0 Å². The summed E-state index contributed by atoms with van der Waals surface area (Å²) in [6.07, 6.45) is 5.09. The number of carbonyl (C=O) groups is 1. The van der Waals surface area contributed by atoms with Crippen molar-refractivity contribution in [3.63, 3.8) is 0 Å². The fraction of sp³-hybridized carbons (Fsp3) is 0.308. The standard InChI is InChI=1S/C13H16N2O2/c1-4-9-14-10-13(16)15(2)11-7-5-6-8-12(11)17-3/h1,5-8,14H,9-10H2,2-3H3. The lowest BCUT2D eigenvalue weighted by Gasteiger charge is -2.19. The third-order valence-electron chi connectivity index (χ3n) is 2.32. The molecule has 0 atom stereocenters. The molecule has 0 saturated carbocycles. The van der Waals surface area contributed by atoms with Crippen LogP contribution in [0.15, 0.2) is 24.3 Å². The molecule has 0 aliphatic heterocycles. The second kappa shape index (κ2) is 6.56. The van der Waals surface area contributed by atoms with Crippen molar-refractivity contribution in [2.45, 2.75) is 0 Å². The van der Waals surface area contributed by atoms with Crippen LogP contribution in [0.3, 0.4) is 0 Å². The zero-order valence-electron chi connectivity index (χ0n) is 10.1. The molecule has 1 amide bonds. The Morgan fingerprint density at radius 3 is 2.88 bits per heavy atom. The number of likely N-dealkylation sites (N-methyl/N-ethyl adjacent to an activating group) is 1. The molecule has 4 heteroatoms. The maximum Gasteiger partial charge on any atom is 0.240 e. The van der Waals surface area contributed by atoms with E-state index in [1.807, 2.05) is 24.3 Å². The van der Waals surface area contributed by atoms with Crippen LogP contribution in [-0.4, -0.2) is 33.2 Å². The molecule has 1 aromatic carbocycles. The highest BCUT2D eigenvalue weighted by molar-refractivity contribution is 5.95. The summed E-state index contributed by atoms with van der Waals surface area (Å²) < 4.78 is 5.20. The Balaban J connectivity index is 2.71. The average molecular weight is 232 g/mol. The van der Waals surface area contributed by atoms with Crippen LogP contribution in [0.5, 0.6) is 5.75 Å². The lowest BCUT2D eigenvalue weighted by Crippen LogP contribution is -2.35. The summed E-state index contributed by atoms with van der Waals surface area (Å²) in [7, 11) is 3.28. The van der Waals surface area contributed by atoms with Gasteiger partial charge >= 0.3 is 0 Å². The second-order valence-electron chi connectivity index (χ2n) is 3.43. The Kier molecular flexibility index (Phi) is 5.05. The quantitative estimate of drug-likeness (QED) is 0.605. The molecule has 0 spiro atoms. The highest BCUT2D eigenvalue weighted by Crippen LogP contribution is 2.26. The van der Waals surface area contributed by atoms with Crippen LogP contribution in [0.4, 0.5) is 5.69 Å². The van der Waals surface area contributed by atoms with E-state index in [9.17, 15) is 4.79 Å². The molecular formula is C13H16N2O2. The summed E-state index contributed by atoms with van der Waals surface area (Å²) in [5.41, 5.74) is 0.738. The zero-order chi connectivity index (χ0) is 12.7. The SMILES string of the molecule is C#CCNCC(=O)N(C)c1ccccc1OC. The summed E-state index contributed by atoms with van der Waals surface area (Å²) in [4.78, 5) is 13.4. The third kappa shape index (κ3) is 3.51. The summed E-state index contributed by atoms with van der Waals surface area (Å²) in [5.74, 6) is 3.02. The Morgan fingerprint density at radius 2 is 2.24 bits per heavy atom. The van der Waals surface area contributed by atoms with Gasteiger partial charge in [0.05, 0.1) is 25.9 Å². The van der Waals surface area contributed by atoms with Crippen LogP contribution in [0.25, 0.3) is 0 Å². The molecule has 1 aromatic rings. The lowest BCUT2D eigenvalue weighted by atomic mass is 10.2. The zero-order valence-corrected chi connectivity index (χ0v) is 10.1. The van der Waals surface area contributed by atoms with Crippen LogP contribution in [0.1, 0.15) is 0 Å². The molecule has 0 aliphatic rings. The van der Waals surface area contributed by atoms with Crippen LogP contribution >= 0.6 is 0 Å².